The second-order valence-corrected chi connectivity index (χ2v) is 5.40. The Kier molecular flexibility index (Phi) is 4.64. The van der Waals surface area contributed by atoms with E-state index in [4.69, 9.17) is 10.5 Å². The first-order chi connectivity index (χ1) is 10.1. The molecule has 21 heavy (non-hydrogen) atoms. The van der Waals surface area contributed by atoms with Crippen molar-refractivity contribution in [3.05, 3.63) is 23.1 Å². The smallest absolute Gasteiger partial charge is 0.263 e. The zero-order chi connectivity index (χ0) is 15.4. The number of carbonyl (C=O) groups excluding carboxylic acids is 2. The van der Waals surface area contributed by atoms with Crippen molar-refractivity contribution in [3.8, 4) is 5.75 Å². The minimum Gasteiger partial charge on any atom is -0.497 e. The van der Waals surface area contributed by atoms with Crippen molar-refractivity contribution in [1.29, 1.82) is 0 Å². The third-order valence-electron chi connectivity index (χ3n) is 2.93. The summed E-state index contributed by atoms with van der Waals surface area (Å²) < 4.78 is 6.02. The van der Waals surface area contributed by atoms with E-state index < -0.39 is 0 Å². The predicted octanol–water partition coefficient (Wildman–Crippen LogP) is 1.36. The Labute approximate surface area is 126 Å². The topological polar surface area (TPSA) is 93.5 Å². The van der Waals surface area contributed by atoms with Gasteiger partial charge in [0.15, 0.2) is 0 Å². The summed E-state index contributed by atoms with van der Waals surface area (Å²) in [6, 6.07) is 5.44. The highest BCUT2D eigenvalue weighted by Gasteiger charge is 2.17. The molecule has 0 bridgehead atoms. The number of hydrogen-bond acceptors (Lipinski definition) is 5. The van der Waals surface area contributed by atoms with Crippen LogP contribution in [-0.4, -0.2) is 32.0 Å². The van der Waals surface area contributed by atoms with Gasteiger partial charge in [0.05, 0.1) is 19.3 Å². The Balaban J connectivity index is 2.19. The molecule has 0 saturated carbocycles. The highest BCUT2D eigenvalue weighted by molar-refractivity contribution is 7.21. The van der Waals surface area contributed by atoms with Crippen LogP contribution in [0.2, 0.25) is 0 Å². The Morgan fingerprint density at radius 3 is 2.76 bits per heavy atom. The molecule has 0 aliphatic rings. The van der Waals surface area contributed by atoms with E-state index in [1.165, 1.54) is 11.3 Å². The van der Waals surface area contributed by atoms with E-state index in [9.17, 15) is 9.59 Å². The second kappa shape index (κ2) is 6.45. The number of likely N-dealkylation sites (N-methyl/N-ethyl adjacent to an activating group) is 1. The molecule has 1 aromatic heterocycles. The number of nitrogens with one attached hydrogen (secondary N) is 2. The number of nitrogens with two attached hydrogens (primary N) is 1. The fourth-order valence-corrected chi connectivity index (χ4v) is 2.96. The van der Waals surface area contributed by atoms with Crippen LogP contribution in [0.5, 0.6) is 5.75 Å². The first-order valence-corrected chi connectivity index (χ1v) is 7.29. The number of nitrogen functional groups attached to an aromatic ring is 1. The highest BCUT2D eigenvalue weighted by atomic mass is 32.1. The van der Waals surface area contributed by atoms with Gasteiger partial charge in [-0.2, -0.15) is 0 Å². The van der Waals surface area contributed by atoms with Gasteiger partial charge in [-0.3, -0.25) is 9.59 Å². The Hall–Kier alpha value is -2.28. The molecular formula is C14H17N3O3S. The lowest BCUT2D eigenvalue weighted by Gasteiger charge is -2.04. The van der Waals surface area contributed by atoms with Crippen LogP contribution in [0.1, 0.15) is 16.6 Å². The number of hydrogen-bond donors (Lipinski definition) is 3. The molecule has 112 valence electrons. The first-order valence-electron chi connectivity index (χ1n) is 6.47. The van der Waals surface area contributed by atoms with Gasteiger partial charge < -0.3 is 21.1 Å². The van der Waals surface area contributed by atoms with Crippen molar-refractivity contribution in [2.45, 2.75) is 6.92 Å². The quantitative estimate of drug-likeness (QED) is 0.777. The molecule has 0 radical (unpaired) electrons. The van der Waals surface area contributed by atoms with E-state index in [1.54, 1.807) is 13.2 Å². The van der Waals surface area contributed by atoms with Crippen LogP contribution in [0.3, 0.4) is 0 Å². The summed E-state index contributed by atoms with van der Waals surface area (Å²) in [5.74, 6) is 0.129. The van der Waals surface area contributed by atoms with Gasteiger partial charge in [0.2, 0.25) is 5.91 Å². The Morgan fingerprint density at radius 2 is 2.10 bits per heavy atom. The molecular weight excluding hydrogens is 290 g/mol. The van der Waals surface area contributed by atoms with Crippen molar-refractivity contribution in [3.63, 3.8) is 0 Å². The van der Waals surface area contributed by atoms with Crippen molar-refractivity contribution in [1.82, 2.24) is 10.6 Å². The number of ether oxygens (including phenoxy) is 1. The van der Waals surface area contributed by atoms with E-state index in [0.717, 1.165) is 10.1 Å². The summed E-state index contributed by atoms with van der Waals surface area (Å²) in [7, 11) is 1.58. The summed E-state index contributed by atoms with van der Waals surface area (Å²) in [5.41, 5.74) is 6.43. The maximum absolute atomic E-state index is 12.1. The fraction of sp³-hybridized carbons (Fsp3) is 0.286. The molecule has 2 rings (SSSR count). The maximum atomic E-state index is 12.1. The minimum absolute atomic E-state index is 0.0658. The van der Waals surface area contributed by atoms with Gasteiger partial charge in [0, 0.05) is 16.6 Å². The third-order valence-corrected chi connectivity index (χ3v) is 4.09. The van der Waals surface area contributed by atoms with Gasteiger partial charge in [-0.15, -0.1) is 11.3 Å². The zero-order valence-corrected chi connectivity index (χ0v) is 12.7. The lowest BCUT2D eigenvalue weighted by molar-refractivity contribution is -0.120. The van der Waals surface area contributed by atoms with Gasteiger partial charge >= 0.3 is 0 Å². The highest BCUT2D eigenvalue weighted by Crippen LogP contribution is 2.35. The molecule has 0 aliphatic carbocycles. The van der Waals surface area contributed by atoms with Crippen LogP contribution in [0, 0.1) is 0 Å². The summed E-state index contributed by atoms with van der Waals surface area (Å²) in [4.78, 5) is 23.9. The number of methoxy groups -OCH3 is 1. The molecule has 0 unspecified atom stereocenters. The molecule has 1 heterocycles. The molecule has 1 aromatic carbocycles. The van der Waals surface area contributed by atoms with E-state index in [1.807, 2.05) is 19.1 Å². The van der Waals surface area contributed by atoms with Gasteiger partial charge in [-0.1, -0.05) is 0 Å². The van der Waals surface area contributed by atoms with Crippen LogP contribution >= 0.6 is 11.3 Å². The van der Waals surface area contributed by atoms with Gasteiger partial charge in [0.25, 0.3) is 5.91 Å². The van der Waals surface area contributed by atoms with E-state index in [-0.39, 0.29) is 18.4 Å². The molecule has 6 nitrogen and oxygen atoms in total. The Morgan fingerprint density at radius 1 is 1.33 bits per heavy atom. The second-order valence-electron chi connectivity index (χ2n) is 4.34. The van der Waals surface area contributed by atoms with E-state index in [2.05, 4.69) is 10.6 Å². The number of thiophene rings is 1. The van der Waals surface area contributed by atoms with Crippen LogP contribution < -0.4 is 21.1 Å². The largest absolute Gasteiger partial charge is 0.497 e. The van der Waals surface area contributed by atoms with Gasteiger partial charge in [0.1, 0.15) is 10.6 Å². The summed E-state index contributed by atoms with van der Waals surface area (Å²) in [5, 5.41) is 5.98. The molecule has 7 heteroatoms. The van der Waals surface area contributed by atoms with E-state index >= 15 is 0 Å². The summed E-state index contributed by atoms with van der Waals surface area (Å²) >= 11 is 1.28. The Bertz CT molecular complexity index is 681. The number of benzene rings is 1. The van der Waals surface area contributed by atoms with Crippen LogP contribution in [-0.2, 0) is 4.79 Å². The SMILES string of the molecule is CCNC(=O)CNC(=O)c1sc2cc(OC)ccc2c1N. The average molecular weight is 307 g/mol. The van der Waals surface area contributed by atoms with Crippen LogP contribution in [0.4, 0.5) is 5.69 Å². The van der Waals surface area contributed by atoms with Gasteiger partial charge in [-0.05, 0) is 25.1 Å². The number of rotatable bonds is 5. The lowest BCUT2D eigenvalue weighted by atomic mass is 10.2. The molecule has 4 N–H and O–H groups in total. The molecule has 0 saturated heterocycles. The third kappa shape index (κ3) is 3.25. The minimum atomic E-state index is -0.348. The zero-order valence-electron chi connectivity index (χ0n) is 11.9. The normalized spacial score (nSPS) is 10.4. The van der Waals surface area contributed by atoms with Crippen molar-refractivity contribution >= 4 is 38.9 Å². The fourth-order valence-electron chi connectivity index (χ4n) is 1.89. The molecule has 0 fully saturated rings. The average Bonchev–Trinajstić information content (AvgIpc) is 2.81. The molecule has 2 aromatic rings. The molecule has 2 amide bonds. The van der Waals surface area contributed by atoms with Gasteiger partial charge in [-0.25, -0.2) is 0 Å². The maximum Gasteiger partial charge on any atom is 0.263 e. The molecule has 0 atom stereocenters. The van der Waals surface area contributed by atoms with Crippen molar-refractivity contribution < 1.29 is 14.3 Å². The van der Waals surface area contributed by atoms with Crippen LogP contribution in [0.25, 0.3) is 10.1 Å². The van der Waals surface area contributed by atoms with Crippen molar-refractivity contribution in [2.75, 3.05) is 25.9 Å². The molecule has 0 aliphatic heterocycles. The van der Waals surface area contributed by atoms with Crippen LogP contribution in [0.15, 0.2) is 18.2 Å². The molecule has 0 spiro atoms. The lowest BCUT2D eigenvalue weighted by Crippen LogP contribution is -2.36. The number of carbonyl (C=O) groups is 2. The summed E-state index contributed by atoms with van der Waals surface area (Å²) in [6.45, 7) is 2.28. The first kappa shape index (κ1) is 15.1. The monoisotopic (exact) mass is 307 g/mol. The number of anilines is 1. The standard InChI is InChI=1S/C14H17N3O3S/c1-3-16-11(18)7-17-14(19)13-12(15)9-5-4-8(20-2)6-10(9)21-13/h4-6H,3,7,15H2,1-2H3,(H,16,18)(H,17,19). The summed E-state index contributed by atoms with van der Waals surface area (Å²) in [6.07, 6.45) is 0. The predicted molar refractivity (Wildman–Crippen MR) is 83.8 cm³/mol. The number of fused-ring (bicyclic) bond motifs is 1. The van der Waals surface area contributed by atoms with Crippen molar-refractivity contribution in [2.24, 2.45) is 0 Å². The number of amides is 2. The van der Waals surface area contributed by atoms with E-state index in [0.29, 0.717) is 22.9 Å².